The molecule has 0 aliphatic carbocycles. The van der Waals surface area contributed by atoms with E-state index in [4.69, 9.17) is 10.00 Å². The zero-order valence-corrected chi connectivity index (χ0v) is 22.8. The molecule has 10 nitrogen and oxygen atoms in total. The number of esters is 1. The Morgan fingerprint density at radius 1 is 1.02 bits per heavy atom. The molecule has 0 radical (unpaired) electrons. The maximum Gasteiger partial charge on any atom is 0.338 e. The molecule has 3 aromatic carbocycles. The molecule has 1 aliphatic rings. The van der Waals surface area contributed by atoms with E-state index in [-0.39, 0.29) is 30.7 Å². The predicted molar refractivity (Wildman–Crippen MR) is 153 cm³/mol. The fourth-order valence-electron chi connectivity index (χ4n) is 4.65. The summed E-state index contributed by atoms with van der Waals surface area (Å²) in [4.78, 5) is 40.4. The molecular weight excluding hydrogens is 522 g/mol. The van der Waals surface area contributed by atoms with Gasteiger partial charge in [0.1, 0.15) is 11.8 Å². The van der Waals surface area contributed by atoms with Crippen LogP contribution in [0.1, 0.15) is 40.4 Å². The number of nitriles is 1. The number of carbonyl (C=O) groups is 3. The fourth-order valence-corrected chi connectivity index (χ4v) is 4.65. The van der Waals surface area contributed by atoms with Crippen LogP contribution in [0, 0.1) is 11.3 Å². The number of aromatic hydroxyl groups is 1. The maximum absolute atomic E-state index is 13.4. The van der Waals surface area contributed by atoms with E-state index in [1.54, 1.807) is 55.5 Å². The standard InChI is InChI=1S/C31H33N5O5/c1-2-41-30(39)24-9-11-25(12-10-24)34-31(40)35-28(17-21-7-13-27(37)14-8-21)29(38)33-26-15-16-36(20-26)19-23-5-3-22(18-32)4-6-23/h3-14,26,28,37H,2,15-17,19-20H2,1H3,(H,33,38)(H2,34,35,40)/t26-,28-/m0/s1. The van der Waals surface area contributed by atoms with Crippen LogP contribution in [0.4, 0.5) is 10.5 Å². The molecule has 0 bridgehead atoms. The smallest absolute Gasteiger partial charge is 0.338 e. The summed E-state index contributed by atoms with van der Waals surface area (Å²) in [6, 6.07) is 20.8. The summed E-state index contributed by atoms with van der Waals surface area (Å²) < 4.78 is 4.98. The van der Waals surface area contributed by atoms with E-state index in [9.17, 15) is 19.5 Å². The van der Waals surface area contributed by atoms with Crippen LogP contribution in [0.25, 0.3) is 0 Å². The second kappa shape index (κ2) is 14.0. The van der Waals surface area contributed by atoms with Crippen LogP contribution in [-0.2, 0) is 22.5 Å². The molecule has 0 saturated carbocycles. The third-order valence-corrected chi connectivity index (χ3v) is 6.76. The molecule has 3 aromatic rings. The van der Waals surface area contributed by atoms with Gasteiger partial charge >= 0.3 is 12.0 Å². The Morgan fingerprint density at radius 3 is 2.37 bits per heavy atom. The number of nitrogens with zero attached hydrogens (tertiary/aromatic N) is 2. The zero-order valence-electron chi connectivity index (χ0n) is 22.8. The normalized spacial score (nSPS) is 15.4. The van der Waals surface area contributed by atoms with Crippen molar-refractivity contribution in [3.05, 3.63) is 95.1 Å². The average molecular weight is 556 g/mol. The Morgan fingerprint density at radius 2 is 1.71 bits per heavy atom. The number of phenolic OH excluding ortho intramolecular Hbond substituents is 1. The van der Waals surface area contributed by atoms with Gasteiger partial charge in [-0.25, -0.2) is 9.59 Å². The molecular formula is C31H33N5O5. The summed E-state index contributed by atoms with van der Waals surface area (Å²) >= 11 is 0. The number of carbonyl (C=O) groups excluding carboxylic acids is 3. The topological polar surface area (TPSA) is 144 Å². The highest BCUT2D eigenvalue weighted by Gasteiger charge is 2.28. The van der Waals surface area contributed by atoms with Crippen LogP contribution >= 0.6 is 0 Å². The SMILES string of the molecule is CCOC(=O)c1ccc(NC(=O)N[C@@H](Cc2ccc(O)cc2)C(=O)N[C@H]2CCN(Cc3ccc(C#N)cc3)C2)cc1. The van der Waals surface area contributed by atoms with E-state index in [1.807, 2.05) is 12.1 Å². The maximum atomic E-state index is 13.4. The van der Waals surface area contributed by atoms with Gasteiger partial charge in [-0.15, -0.1) is 0 Å². The lowest BCUT2D eigenvalue weighted by atomic mass is 10.0. The largest absolute Gasteiger partial charge is 0.508 e. The minimum absolute atomic E-state index is 0.0801. The number of amides is 3. The van der Waals surface area contributed by atoms with Gasteiger partial charge in [0.05, 0.1) is 23.8 Å². The number of likely N-dealkylation sites (tertiary alicyclic amines) is 1. The second-order valence-electron chi connectivity index (χ2n) is 9.86. The van der Waals surface area contributed by atoms with Gasteiger partial charge in [-0.1, -0.05) is 24.3 Å². The second-order valence-corrected chi connectivity index (χ2v) is 9.86. The molecule has 1 saturated heterocycles. The van der Waals surface area contributed by atoms with Crippen molar-refractivity contribution in [3.8, 4) is 11.8 Å². The molecule has 41 heavy (non-hydrogen) atoms. The number of rotatable bonds is 10. The van der Waals surface area contributed by atoms with Crippen LogP contribution in [-0.4, -0.2) is 59.7 Å². The number of benzene rings is 3. The third kappa shape index (κ3) is 8.55. The molecule has 0 spiro atoms. The van der Waals surface area contributed by atoms with Gasteiger partial charge in [0.2, 0.25) is 5.91 Å². The van der Waals surface area contributed by atoms with E-state index in [1.165, 1.54) is 12.1 Å². The molecule has 0 unspecified atom stereocenters. The highest BCUT2D eigenvalue weighted by molar-refractivity contribution is 5.95. The van der Waals surface area contributed by atoms with Crippen molar-refractivity contribution in [1.82, 2.24) is 15.5 Å². The summed E-state index contributed by atoms with van der Waals surface area (Å²) in [7, 11) is 0. The predicted octanol–water partition coefficient (Wildman–Crippen LogP) is 3.56. The lowest BCUT2D eigenvalue weighted by Gasteiger charge is -2.22. The molecule has 0 aromatic heterocycles. The van der Waals surface area contributed by atoms with Gasteiger partial charge < -0.3 is 25.8 Å². The molecule has 10 heteroatoms. The molecule has 1 fully saturated rings. The van der Waals surface area contributed by atoms with Crippen molar-refractivity contribution < 1.29 is 24.2 Å². The molecule has 3 amide bonds. The van der Waals surface area contributed by atoms with Gasteiger partial charge in [0, 0.05) is 37.8 Å². The summed E-state index contributed by atoms with van der Waals surface area (Å²) in [5, 5.41) is 27.2. The van der Waals surface area contributed by atoms with Gasteiger partial charge in [0.15, 0.2) is 0 Å². The molecule has 1 aliphatic heterocycles. The van der Waals surface area contributed by atoms with Crippen molar-refractivity contribution in [1.29, 1.82) is 5.26 Å². The highest BCUT2D eigenvalue weighted by Crippen LogP contribution is 2.16. The van der Waals surface area contributed by atoms with Crippen molar-refractivity contribution in [2.24, 2.45) is 0 Å². The quantitative estimate of drug-likeness (QED) is 0.280. The first kappa shape index (κ1) is 29.1. The summed E-state index contributed by atoms with van der Waals surface area (Å²) in [6.07, 6.45) is 0.996. The van der Waals surface area contributed by atoms with E-state index in [0.717, 1.165) is 24.1 Å². The van der Waals surface area contributed by atoms with Crippen LogP contribution in [0.5, 0.6) is 5.75 Å². The number of anilines is 1. The van der Waals surface area contributed by atoms with Gasteiger partial charge in [-0.2, -0.15) is 5.26 Å². The summed E-state index contributed by atoms with van der Waals surface area (Å²) in [5.41, 5.74) is 3.30. The van der Waals surface area contributed by atoms with Gasteiger partial charge in [0.25, 0.3) is 0 Å². The highest BCUT2D eigenvalue weighted by atomic mass is 16.5. The van der Waals surface area contributed by atoms with E-state index in [0.29, 0.717) is 29.9 Å². The Hall–Kier alpha value is -4.88. The fraction of sp³-hybridized carbons (Fsp3) is 0.290. The molecule has 2 atom stereocenters. The van der Waals surface area contributed by atoms with Crippen molar-refractivity contribution in [2.45, 2.75) is 38.4 Å². The van der Waals surface area contributed by atoms with Crippen LogP contribution in [0.2, 0.25) is 0 Å². The Kier molecular flexibility index (Phi) is 9.91. The first-order chi connectivity index (χ1) is 19.8. The van der Waals surface area contributed by atoms with E-state index >= 15 is 0 Å². The van der Waals surface area contributed by atoms with E-state index in [2.05, 4.69) is 26.9 Å². The molecule has 212 valence electrons. The van der Waals surface area contributed by atoms with Crippen molar-refractivity contribution in [3.63, 3.8) is 0 Å². The first-order valence-electron chi connectivity index (χ1n) is 13.5. The number of nitrogens with one attached hydrogen (secondary N) is 3. The number of urea groups is 1. The van der Waals surface area contributed by atoms with Crippen LogP contribution in [0.15, 0.2) is 72.8 Å². The average Bonchev–Trinajstić information content (AvgIpc) is 3.41. The minimum atomic E-state index is -0.870. The number of phenols is 1. The Balaban J connectivity index is 1.36. The molecule has 1 heterocycles. The Bertz CT molecular complexity index is 1380. The monoisotopic (exact) mass is 555 g/mol. The van der Waals surface area contributed by atoms with E-state index < -0.39 is 18.0 Å². The van der Waals surface area contributed by atoms with Gasteiger partial charge in [-0.05, 0) is 73.0 Å². The number of hydrogen-bond donors (Lipinski definition) is 4. The summed E-state index contributed by atoms with van der Waals surface area (Å²) in [6.45, 7) is 4.18. The summed E-state index contributed by atoms with van der Waals surface area (Å²) in [5.74, 6) is -0.646. The van der Waals surface area contributed by atoms with Crippen molar-refractivity contribution in [2.75, 3.05) is 25.0 Å². The first-order valence-corrected chi connectivity index (χ1v) is 13.5. The molecule has 4 rings (SSSR count). The lowest BCUT2D eigenvalue weighted by molar-refractivity contribution is -0.123. The lowest BCUT2D eigenvalue weighted by Crippen LogP contribution is -2.52. The number of ether oxygens (including phenoxy) is 1. The van der Waals surface area contributed by atoms with Crippen LogP contribution in [0.3, 0.4) is 0 Å². The minimum Gasteiger partial charge on any atom is -0.508 e. The third-order valence-electron chi connectivity index (χ3n) is 6.76. The molecule has 4 N–H and O–H groups in total. The van der Waals surface area contributed by atoms with Gasteiger partial charge in [-0.3, -0.25) is 9.69 Å². The number of hydrogen-bond acceptors (Lipinski definition) is 7. The van der Waals surface area contributed by atoms with Crippen LogP contribution < -0.4 is 16.0 Å². The zero-order chi connectivity index (χ0) is 29.2. The van der Waals surface area contributed by atoms with Crippen molar-refractivity contribution >= 4 is 23.6 Å². The Labute approximate surface area is 238 Å².